The van der Waals surface area contributed by atoms with Gasteiger partial charge >= 0.3 is 0 Å². The van der Waals surface area contributed by atoms with Crippen molar-refractivity contribution in [2.45, 2.75) is 56.5 Å². The van der Waals surface area contributed by atoms with Gasteiger partial charge in [0.15, 0.2) is 16.4 Å². The van der Waals surface area contributed by atoms with Gasteiger partial charge in [0, 0.05) is 37.3 Å². The van der Waals surface area contributed by atoms with Crippen molar-refractivity contribution >= 4 is 49.9 Å². The van der Waals surface area contributed by atoms with E-state index in [0.29, 0.717) is 36.2 Å². The van der Waals surface area contributed by atoms with Crippen LogP contribution in [0.25, 0.3) is 16.0 Å². The highest BCUT2D eigenvalue weighted by molar-refractivity contribution is 7.22. The van der Waals surface area contributed by atoms with Crippen LogP contribution in [0.5, 0.6) is 0 Å². The fourth-order valence-electron chi connectivity index (χ4n) is 5.35. The first-order chi connectivity index (χ1) is 18.6. The average Bonchev–Trinajstić information content (AvgIpc) is 3.56. The number of aromatic nitrogens is 5. The summed E-state index contributed by atoms with van der Waals surface area (Å²) in [5.74, 6) is 0.803. The number of nitrogens with one attached hydrogen (secondary N) is 2. The van der Waals surface area contributed by atoms with Gasteiger partial charge in [0.25, 0.3) is 5.91 Å². The summed E-state index contributed by atoms with van der Waals surface area (Å²) in [5.41, 5.74) is 9.63. The van der Waals surface area contributed by atoms with Gasteiger partial charge in [-0.2, -0.15) is 10.1 Å². The van der Waals surface area contributed by atoms with Crippen LogP contribution in [0, 0.1) is 0 Å². The number of carbonyl (C=O) groups is 1. The van der Waals surface area contributed by atoms with E-state index in [9.17, 15) is 4.79 Å². The van der Waals surface area contributed by atoms with Gasteiger partial charge in [-0.05, 0) is 37.8 Å². The lowest BCUT2D eigenvalue weighted by Gasteiger charge is -2.29. The molecule has 4 aromatic rings. The number of nitrogens with two attached hydrogens (primary N) is 1. The van der Waals surface area contributed by atoms with Gasteiger partial charge in [0.1, 0.15) is 11.4 Å². The molecule has 5 heterocycles. The number of thiazole rings is 1. The summed E-state index contributed by atoms with van der Waals surface area (Å²) >= 11 is 1.60. The number of anilines is 3. The number of ether oxygens (including phenoxy) is 1. The summed E-state index contributed by atoms with van der Waals surface area (Å²) in [7, 11) is 0. The molecule has 1 amide bonds. The zero-order chi connectivity index (χ0) is 25.6. The van der Waals surface area contributed by atoms with Crippen LogP contribution in [0.4, 0.5) is 16.6 Å². The van der Waals surface area contributed by atoms with Gasteiger partial charge in [0.2, 0.25) is 0 Å². The maximum absolute atomic E-state index is 13.5. The topological polar surface area (TPSA) is 136 Å². The zero-order valence-corrected chi connectivity index (χ0v) is 21.9. The summed E-state index contributed by atoms with van der Waals surface area (Å²) in [5, 5.41) is 11.9. The first-order valence-corrected chi connectivity index (χ1v) is 14.3. The van der Waals surface area contributed by atoms with E-state index in [1.165, 1.54) is 0 Å². The predicted molar refractivity (Wildman–Crippen MR) is 147 cm³/mol. The monoisotopic (exact) mass is 533 g/mol. The van der Waals surface area contributed by atoms with Gasteiger partial charge in [-0.1, -0.05) is 24.2 Å². The Hall–Kier alpha value is -3.35. The van der Waals surface area contributed by atoms with Crippen molar-refractivity contribution in [1.29, 1.82) is 0 Å². The number of pyridine rings is 1. The largest absolute Gasteiger partial charge is 0.378 e. The molecule has 38 heavy (non-hydrogen) atoms. The van der Waals surface area contributed by atoms with Crippen molar-refractivity contribution in [2.75, 3.05) is 41.8 Å². The minimum absolute atomic E-state index is 0.105. The molecule has 0 radical (unpaired) electrons. The molecule has 0 bridgehead atoms. The third-order valence-electron chi connectivity index (χ3n) is 7.66. The third-order valence-corrected chi connectivity index (χ3v) is 8.71. The van der Waals surface area contributed by atoms with E-state index in [2.05, 4.69) is 20.6 Å². The molecule has 2 aliphatic carbocycles. The average molecular weight is 534 g/mol. The van der Waals surface area contributed by atoms with E-state index < -0.39 is 0 Å². The third kappa shape index (κ3) is 4.56. The second-order valence-electron chi connectivity index (χ2n) is 10.4. The van der Waals surface area contributed by atoms with Crippen LogP contribution in [0.3, 0.4) is 0 Å². The fourth-order valence-corrected chi connectivity index (χ4v) is 6.35. The molecule has 4 N–H and O–H groups in total. The molecule has 0 aromatic carbocycles. The second kappa shape index (κ2) is 9.75. The Balaban J connectivity index is 1.16. The first-order valence-electron chi connectivity index (χ1n) is 13.4. The highest BCUT2D eigenvalue weighted by Gasteiger charge is 2.30. The van der Waals surface area contributed by atoms with Crippen molar-refractivity contribution in [3.05, 3.63) is 35.8 Å². The minimum Gasteiger partial charge on any atom is -0.378 e. The Labute approximate surface area is 223 Å². The molecule has 4 aromatic heterocycles. The number of fused-ring (bicyclic) bond motifs is 2. The summed E-state index contributed by atoms with van der Waals surface area (Å²) < 4.78 is 8.07. The Morgan fingerprint density at radius 3 is 2.76 bits per heavy atom. The van der Waals surface area contributed by atoms with Crippen LogP contribution in [0.1, 0.15) is 60.5 Å². The molecular formula is C26H31N9O2S. The SMILES string of the molecule is N[C@H]1CCCCC1Nc1ccn2ncc(C(=O)Nc3cc4sc(N5CCOCC5)nc4nc3C3CC3)c2n1. The van der Waals surface area contributed by atoms with E-state index in [0.717, 1.165) is 78.5 Å². The number of hydrogen-bond acceptors (Lipinski definition) is 10. The molecule has 3 fully saturated rings. The van der Waals surface area contributed by atoms with E-state index >= 15 is 0 Å². The molecule has 198 valence electrons. The Morgan fingerprint density at radius 2 is 1.95 bits per heavy atom. The highest BCUT2D eigenvalue weighted by atomic mass is 32.1. The van der Waals surface area contributed by atoms with Gasteiger partial charge < -0.3 is 26.0 Å². The van der Waals surface area contributed by atoms with Crippen LogP contribution >= 0.6 is 11.3 Å². The first kappa shape index (κ1) is 23.7. The molecular weight excluding hydrogens is 502 g/mol. The molecule has 1 unspecified atom stereocenters. The van der Waals surface area contributed by atoms with E-state index in [-0.39, 0.29) is 18.0 Å². The number of amides is 1. The quantitative estimate of drug-likeness (QED) is 0.341. The molecule has 1 aliphatic heterocycles. The number of hydrogen-bond donors (Lipinski definition) is 3. The molecule has 0 spiro atoms. The number of nitrogens with zero attached hydrogens (tertiary/aromatic N) is 6. The predicted octanol–water partition coefficient (Wildman–Crippen LogP) is 3.38. The zero-order valence-electron chi connectivity index (χ0n) is 21.1. The smallest absolute Gasteiger partial charge is 0.261 e. The van der Waals surface area contributed by atoms with Crippen LogP contribution in [0.2, 0.25) is 0 Å². The second-order valence-corrected chi connectivity index (χ2v) is 11.4. The van der Waals surface area contributed by atoms with Gasteiger partial charge in [-0.25, -0.2) is 14.5 Å². The maximum Gasteiger partial charge on any atom is 0.261 e. The van der Waals surface area contributed by atoms with E-state index in [4.69, 9.17) is 25.4 Å². The highest BCUT2D eigenvalue weighted by Crippen LogP contribution is 2.44. The molecule has 3 aliphatic rings. The number of carbonyl (C=O) groups excluding carboxylic acids is 1. The molecule has 2 atom stereocenters. The maximum atomic E-state index is 13.5. The summed E-state index contributed by atoms with van der Waals surface area (Å²) in [4.78, 5) is 30.2. The van der Waals surface area contributed by atoms with Crippen molar-refractivity contribution in [3.63, 3.8) is 0 Å². The van der Waals surface area contributed by atoms with Crippen molar-refractivity contribution in [3.8, 4) is 0 Å². The van der Waals surface area contributed by atoms with Crippen LogP contribution < -0.4 is 21.3 Å². The van der Waals surface area contributed by atoms with Gasteiger partial charge in [-0.15, -0.1) is 0 Å². The summed E-state index contributed by atoms with van der Waals surface area (Å²) in [6, 6.07) is 4.18. The lowest BCUT2D eigenvalue weighted by atomic mass is 9.91. The summed E-state index contributed by atoms with van der Waals surface area (Å²) in [6.45, 7) is 3.06. The van der Waals surface area contributed by atoms with Crippen molar-refractivity contribution in [1.82, 2.24) is 24.6 Å². The molecule has 7 rings (SSSR count). The fraction of sp³-hybridized carbons (Fsp3) is 0.500. The van der Waals surface area contributed by atoms with Crippen LogP contribution in [-0.2, 0) is 4.74 Å². The Morgan fingerprint density at radius 1 is 1.11 bits per heavy atom. The molecule has 11 nitrogen and oxygen atoms in total. The van der Waals surface area contributed by atoms with Crippen LogP contribution in [-0.4, -0.2) is 68.9 Å². The molecule has 2 saturated carbocycles. The molecule has 1 saturated heterocycles. The van der Waals surface area contributed by atoms with Crippen LogP contribution in [0.15, 0.2) is 24.5 Å². The lowest BCUT2D eigenvalue weighted by molar-refractivity contribution is 0.102. The number of morpholine rings is 1. The van der Waals surface area contributed by atoms with Crippen molar-refractivity contribution in [2.24, 2.45) is 5.73 Å². The Bertz CT molecular complexity index is 1490. The van der Waals surface area contributed by atoms with Gasteiger partial charge in [-0.3, -0.25) is 4.79 Å². The van der Waals surface area contributed by atoms with E-state index in [1.807, 2.05) is 18.3 Å². The van der Waals surface area contributed by atoms with Gasteiger partial charge in [0.05, 0.1) is 35.5 Å². The minimum atomic E-state index is -0.250. The number of rotatable bonds is 6. The lowest BCUT2D eigenvalue weighted by Crippen LogP contribution is -2.42. The van der Waals surface area contributed by atoms with E-state index in [1.54, 1.807) is 22.0 Å². The Kier molecular flexibility index (Phi) is 6.09. The molecule has 12 heteroatoms. The normalized spacial score (nSPS) is 22.2. The van der Waals surface area contributed by atoms with Crippen molar-refractivity contribution < 1.29 is 9.53 Å². The standard InChI is InChI=1S/C26H31N9O2S/c27-17-3-1-2-4-18(17)29-21-7-8-35-24(31-21)16(14-28-35)25(36)30-19-13-20-23(32-22(19)15-5-6-15)33-26(38-20)34-9-11-37-12-10-34/h7-8,13-15,17-18H,1-6,9-12,27H2,(H,29,31)(H,30,36)/t17-,18?/m0/s1. The summed E-state index contributed by atoms with van der Waals surface area (Å²) in [6.07, 6.45) is 9.88.